The van der Waals surface area contributed by atoms with Crippen molar-refractivity contribution < 1.29 is 17.6 Å². The first-order chi connectivity index (χ1) is 15.2. The number of nitrogens with zero attached hydrogens (tertiary/aromatic N) is 3. The third-order valence-electron chi connectivity index (χ3n) is 5.43. The molecule has 3 aromatic rings. The van der Waals surface area contributed by atoms with Crippen LogP contribution in [0.15, 0.2) is 39.0 Å². The first kappa shape index (κ1) is 22.9. The average molecular weight is 495 g/mol. The minimum atomic E-state index is -3.68. The molecule has 1 aliphatic heterocycles. The number of nitrogens with one attached hydrogen (secondary N) is 1. The lowest BCUT2D eigenvalue weighted by Crippen LogP contribution is -2.43. The van der Waals surface area contributed by atoms with Gasteiger partial charge >= 0.3 is 6.01 Å². The van der Waals surface area contributed by atoms with Crippen LogP contribution in [0.2, 0.25) is 4.34 Å². The quantitative estimate of drug-likeness (QED) is 0.554. The van der Waals surface area contributed by atoms with Gasteiger partial charge in [-0.1, -0.05) is 40.5 Å². The Labute approximate surface area is 195 Å². The van der Waals surface area contributed by atoms with E-state index in [1.54, 1.807) is 6.07 Å². The average Bonchev–Trinajstić information content (AvgIpc) is 3.39. The SMILES string of the molecule is Cc1ccc(Cc2nnc(NC(=O)C3CCCN(S(=O)(=O)c4ccc(Cl)s4)C3)o2)c(C)c1. The number of sulfonamides is 1. The highest BCUT2D eigenvalue weighted by Crippen LogP contribution is 2.31. The molecule has 2 aromatic heterocycles. The zero-order chi connectivity index (χ0) is 22.9. The van der Waals surface area contributed by atoms with Crippen molar-refractivity contribution in [2.24, 2.45) is 5.92 Å². The van der Waals surface area contributed by atoms with E-state index in [2.05, 4.69) is 21.6 Å². The van der Waals surface area contributed by atoms with Crippen molar-refractivity contribution >= 4 is 44.9 Å². The smallest absolute Gasteiger partial charge is 0.322 e. The largest absolute Gasteiger partial charge is 0.407 e. The number of rotatable bonds is 6. The van der Waals surface area contributed by atoms with Crippen molar-refractivity contribution in [2.75, 3.05) is 18.4 Å². The number of aromatic nitrogens is 2. The second-order valence-electron chi connectivity index (χ2n) is 7.86. The number of halogens is 1. The molecule has 1 fully saturated rings. The summed E-state index contributed by atoms with van der Waals surface area (Å²) in [6.45, 7) is 4.51. The Morgan fingerprint density at radius 1 is 1.28 bits per heavy atom. The zero-order valence-corrected chi connectivity index (χ0v) is 20.1. The van der Waals surface area contributed by atoms with Gasteiger partial charge in [0.1, 0.15) is 4.21 Å². The van der Waals surface area contributed by atoms with Gasteiger partial charge in [0.15, 0.2) is 0 Å². The van der Waals surface area contributed by atoms with E-state index in [4.69, 9.17) is 16.0 Å². The van der Waals surface area contributed by atoms with E-state index in [0.29, 0.717) is 36.0 Å². The molecule has 0 radical (unpaired) electrons. The van der Waals surface area contributed by atoms with E-state index >= 15 is 0 Å². The van der Waals surface area contributed by atoms with Gasteiger partial charge in [-0.15, -0.1) is 16.4 Å². The van der Waals surface area contributed by atoms with Crippen LogP contribution in [-0.4, -0.2) is 41.9 Å². The third-order valence-corrected chi connectivity index (χ3v) is 9.00. The van der Waals surface area contributed by atoms with E-state index in [-0.39, 0.29) is 22.7 Å². The van der Waals surface area contributed by atoms with Gasteiger partial charge in [-0.25, -0.2) is 8.42 Å². The summed E-state index contributed by atoms with van der Waals surface area (Å²) in [4.78, 5) is 12.8. The van der Waals surface area contributed by atoms with Crippen molar-refractivity contribution in [1.29, 1.82) is 0 Å². The number of benzene rings is 1. The second kappa shape index (κ2) is 9.30. The van der Waals surface area contributed by atoms with E-state index < -0.39 is 15.9 Å². The van der Waals surface area contributed by atoms with Gasteiger partial charge in [-0.3, -0.25) is 10.1 Å². The van der Waals surface area contributed by atoms with Gasteiger partial charge in [-0.05, 0) is 49.9 Å². The number of carbonyl (C=O) groups excluding carboxylic acids is 1. The van der Waals surface area contributed by atoms with Gasteiger partial charge < -0.3 is 4.42 Å². The van der Waals surface area contributed by atoms with Gasteiger partial charge in [0, 0.05) is 13.1 Å². The molecule has 1 amide bonds. The monoisotopic (exact) mass is 494 g/mol. The molecule has 8 nitrogen and oxygen atoms in total. The normalized spacial score (nSPS) is 17.4. The summed E-state index contributed by atoms with van der Waals surface area (Å²) in [5.41, 5.74) is 3.37. The van der Waals surface area contributed by atoms with Crippen LogP contribution >= 0.6 is 22.9 Å². The van der Waals surface area contributed by atoms with E-state index in [1.165, 1.54) is 15.9 Å². The lowest BCUT2D eigenvalue weighted by Gasteiger charge is -2.30. The lowest BCUT2D eigenvalue weighted by molar-refractivity contribution is -0.121. The summed E-state index contributed by atoms with van der Waals surface area (Å²) in [6, 6.07) is 9.18. The molecule has 1 unspecified atom stereocenters. The molecule has 4 rings (SSSR count). The second-order valence-corrected chi connectivity index (χ2v) is 11.7. The maximum atomic E-state index is 12.9. The Morgan fingerprint density at radius 2 is 2.09 bits per heavy atom. The topological polar surface area (TPSA) is 105 Å². The third kappa shape index (κ3) is 5.03. The molecule has 0 aliphatic carbocycles. The molecule has 32 heavy (non-hydrogen) atoms. The highest BCUT2D eigenvalue weighted by molar-refractivity contribution is 7.91. The number of thiophene rings is 1. The number of hydrogen-bond donors (Lipinski definition) is 1. The molecular weight excluding hydrogens is 472 g/mol. The van der Waals surface area contributed by atoms with Gasteiger partial charge in [0.2, 0.25) is 11.8 Å². The molecule has 1 aliphatic rings. The van der Waals surface area contributed by atoms with Gasteiger partial charge in [0.25, 0.3) is 10.0 Å². The number of hydrogen-bond acceptors (Lipinski definition) is 7. The number of amides is 1. The number of aryl methyl sites for hydroxylation is 2. The fourth-order valence-corrected chi connectivity index (χ4v) is 6.89. The summed E-state index contributed by atoms with van der Waals surface area (Å²) >= 11 is 6.90. The van der Waals surface area contributed by atoms with Crippen LogP contribution < -0.4 is 5.32 Å². The lowest BCUT2D eigenvalue weighted by atomic mass is 9.99. The van der Waals surface area contributed by atoms with E-state index in [9.17, 15) is 13.2 Å². The van der Waals surface area contributed by atoms with Crippen LogP contribution in [0.4, 0.5) is 6.01 Å². The van der Waals surface area contributed by atoms with Crippen molar-refractivity contribution in [1.82, 2.24) is 14.5 Å². The van der Waals surface area contributed by atoms with E-state index in [1.807, 2.05) is 26.0 Å². The first-order valence-corrected chi connectivity index (χ1v) is 12.8. The van der Waals surface area contributed by atoms with E-state index in [0.717, 1.165) is 22.5 Å². The summed E-state index contributed by atoms with van der Waals surface area (Å²) in [7, 11) is -3.68. The predicted molar refractivity (Wildman–Crippen MR) is 122 cm³/mol. The van der Waals surface area contributed by atoms with Gasteiger partial charge in [0.05, 0.1) is 16.7 Å². The minimum Gasteiger partial charge on any atom is -0.407 e. The standard InChI is InChI=1S/C21H23ClN4O4S2/c1-13-5-6-15(14(2)10-13)11-18-24-25-21(30-18)23-20(27)16-4-3-9-26(12-16)32(28,29)19-8-7-17(22)31-19/h5-8,10,16H,3-4,9,11-12H2,1-2H3,(H,23,25,27). The summed E-state index contributed by atoms with van der Waals surface area (Å²) in [5, 5.41) is 10.6. The predicted octanol–water partition coefficient (Wildman–Crippen LogP) is 4.03. The molecule has 1 N–H and O–H groups in total. The van der Waals surface area contributed by atoms with Crippen LogP contribution in [0.5, 0.6) is 0 Å². The molecule has 170 valence electrons. The van der Waals surface area contributed by atoms with Crippen molar-refractivity contribution in [3.63, 3.8) is 0 Å². The number of carbonyl (C=O) groups is 1. The Bertz CT molecular complexity index is 1240. The summed E-state index contributed by atoms with van der Waals surface area (Å²) in [6.07, 6.45) is 1.62. The number of anilines is 1. The van der Waals surface area contributed by atoms with Crippen molar-refractivity contribution in [3.05, 3.63) is 57.2 Å². The summed E-state index contributed by atoms with van der Waals surface area (Å²) in [5.74, 6) is -0.450. The van der Waals surface area contributed by atoms with Crippen molar-refractivity contribution in [3.8, 4) is 0 Å². The molecule has 1 aromatic carbocycles. The fourth-order valence-electron chi connectivity index (χ4n) is 3.73. The minimum absolute atomic E-state index is 0.0137. The fraction of sp³-hybridized carbons (Fsp3) is 0.381. The van der Waals surface area contributed by atoms with Gasteiger partial charge in [-0.2, -0.15) is 4.31 Å². The maximum Gasteiger partial charge on any atom is 0.322 e. The molecular formula is C21H23ClN4O4S2. The molecule has 1 saturated heterocycles. The Balaban J connectivity index is 1.40. The van der Waals surface area contributed by atoms with Crippen LogP contribution in [0, 0.1) is 19.8 Å². The highest BCUT2D eigenvalue weighted by atomic mass is 35.5. The Kier molecular flexibility index (Phi) is 6.66. The summed E-state index contributed by atoms with van der Waals surface area (Å²) < 4.78 is 33.2. The van der Waals surface area contributed by atoms with Crippen molar-refractivity contribution in [2.45, 2.75) is 37.3 Å². The maximum absolute atomic E-state index is 12.9. The molecule has 1 atom stereocenters. The van der Waals surface area contributed by atoms with Crippen LogP contribution in [0.1, 0.15) is 35.4 Å². The molecule has 0 bridgehead atoms. The molecule has 0 spiro atoms. The highest BCUT2D eigenvalue weighted by Gasteiger charge is 2.34. The first-order valence-electron chi connectivity index (χ1n) is 10.2. The number of piperidine rings is 1. The van der Waals surface area contributed by atoms with Crippen LogP contribution in [0.25, 0.3) is 0 Å². The van der Waals surface area contributed by atoms with Crippen LogP contribution in [-0.2, 0) is 21.2 Å². The molecule has 3 heterocycles. The Hall–Kier alpha value is -2.27. The van der Waals surface area contributed by atoms with Crippen LogP contribution in [0.3, 0.4) is 0 Å². The Morgan fingerprint density at radius 3 is 2.81 bits per heavy atom. The molecule has 11 heteroatoms. The molecule has 0 saturated carbocycles. The zero-order valence-electron chi connectivity index (χ0n) is 17.7.